The van der Waals surface area contributed by atoms with Crippen LogP contribution < -0.4 is 10.1 Å². The zero-order valence-electron chi connectivity index (χ0n) is 16.9. The average molecular weight is 410 g/mol. The maximum atomic E-state index is 12.5. The Hall–Kier alpha value is -4.06. The van der Waals surface area contributed by atoms with Gasteiger partial charge in [-0.25, -0.2) is 4.98 Å². The summed E-state index contributed by atoms with van der Waals surface area (Å²) in [5.74, 6) is 0.654. The van der Waals surface area contributed by atoms with E-state index in [9.17, 15) is 4.79 Å². The van der Waals surface area contributed by atoms with Crippen LogP contribution in [0, 0.1) is 0 Å². The Morgan fingerprint density at radius 2 is 1.87 bits per heavy atom. The van der Waals surface area contributed by atoms with Crippen molar-refractivity contribution in [1.82, 2.24) is 14.0 Å². The Labute approximate surface area is 179 Å². The number of hydrogen-bond acceptors (Lipinski definition) is 3. The lowest BCUT2D eigenvalue weighted by molar-refractivity contribution is -0.116. The summed E-state index contributed by atoms with van der Waals surface area (Å²) < 4.78 is 9.94. The van der Waals surface area contributed by atoms with E-state index in [4.69, 9.17) is 4.74 Å². The normalized spacial score (nSPS) is 11.1. The molecule has 6 heteroatoms. The maximum absolute atomic E-state index is 12.5. The minimum absolute atomic E-state index is 0.0321. The van der Waals surface area contributed by atoms with Crippen LogP contribution in [0.1, 0.15) is 12.1 Å². The number of para-hydroxylation sites is 1. The van der Waals surface area contributed by atoms with Gasteiger partial charge in [-0.05, 0) is 41.8 Å². The van der Waals surface area contributed by atoms with E-state index >= 15 is 0 Å². The number of amides is 1. The van der Waals surface area contributed by atoms with Gasteiger partial charge in [0.25, 0.3) is 0 Å². The monoisotopic (exact) mass is 410 g/mol. The SMILES string of the molecule is O=C(CCn1ccc2ccccc21)Nc1cccc(OCc2cn3ccccc3n2)c1. The Bertz CT molecular complexity index is 1320. The van der Waals surface area contributed by atoms with Crippen LogP contribution in [-0.2, 0) is 17.9 Å². The first kappa shape index (κ1) is 18.9. The summed E-state index contributed by atoms with van der Waals surface area (Å²) in [7, 11) is 0. The molecule has 31 heavy (non-hydrogen) atoms. The van der Waals surface area contributed by atoms with Crippen LogP contribution in [0.4, 0.5) is 5.69 Å². The van der Waals surface area contributed by atoms with E-state index in [0.717, 1.165) is 22.5 Å². The highest BCUT2D eigenvalue weighted by Crippen LogP contribution is 2.20. The van der Waals surface area contributed by atoms with Crippen molar-refractivity contribution in [2.75, 3.05) is 5.32 Å². The standard InChI is InChI=1S/C25H22N4O2/c30-25(12-15-28-14-11-19-6-1-2-9-23(19)28)27-20-7-5-8-22(16-20)31-18-21-17-29-13-4-3-10-24(29)26-21/h1-11,13-14,16-17H,12,15,18H2,(H,27,30). The van der Waals surface area contributed by atoms with Crippen molar-refractivity contribution in [3.05, 3.63) is 97.1 Å². The number of aromatic nitrogens is 3. The van der Waals surface area contributed by atoms with Crippen molar-refractivity contribution in [2.45, 2.75) is 19.6 Å². The lowest BCUT2D eigenvalue weighted by Gasteiger charge is -2.09. The third-order valence-electron chi connectivity index (χ3n) is 5.18. The summed E-state index contributed by atoms with van der Waals surface area (Å²) >= 11 is 0. The summed E-state index contributed by atoms with van der Waals surface area (Å²) in [5, 5.41) is 4.14. The second-order valence-electron chi connectivity index (χ2n) is 7.38. The number of pyridine rings is 1. The Kier molecular flexibility index (Phi) is 5.10. The quantitative estimate of drug-likeness (QED) is 0.415. The molecule has 0 saturated heterocycles. The Balaban J connectivity index is 1.18. The molecule has 0 fully saturated rings. The van der Waals surface area contributed by atoms with Crippen molar-refractivity contribution in [3.63, 3.8) is 0 Å². The molecule has 3 aromatic heterocycles. The number of carbonyl (C=O) groups excluding carboxylic acids is 1. The molecule has 154 valence electrons. The predicted octanol–water partition coefficient (Wildman–Crippen LogP) is 4.90. The fourth-order valence-electron chi connectivity index (χ4n) is 3.66. The number of anilines is 1. The van der Waals surface area contributed by atoms with Gasteiger partial charge in [0.15, 0.2) is 0 Å². The third kappa shape index (κ3) is 4.28. The van der Waals surface area contributed by atoms with Gasteiger partial charge in [-0.1, -0.05) is 30.3 Å². The first-order valence-electron chi connectivity index (χ1n) is 10.2. The number of aryl methyl sites for hydroxylation is 1. The van der Waals surface area contributed by atoms with Gasteiger partial charge in [0.1, 0.15) is 18.0 Å². The molecule has 0 aliphatic rings. The lowest BCUT2D eigenvalue weighted by Crippen LogP contribution is -2.14. The number of fused-ring (bicyclic) bond motifs is 2. The molecular weight excluding hydrogens is 388 g/mol. The molecule has 6 nitrogen and oxygen atoms in total. The highest BCUT2D eigenvalue weighted by molar-refractivity contribution is 5.91. The van der Waals surface area contributed by atoms with E-state index in [1.54, 1.807) is 0 Å². The fourth-order valence-corrected chi connectivity index (χ4v) is 3.66. The molecule has 0 aliphatic carbocycles. The number of imidazole rings is 1. The lowest BCUT2D eigenvalue weighted by atomic mass is 10.2. The Morgan fingerprint density at radius 1 is 0.968 bits per heavy atom. The van der Waals surface area contributed by atoms with Crippen LogP contribution in [0.3, 0.4) is 0 Å². The summed E-state index contributed by atoms with van der Waals surface area (Å²) in [5.41, 5.74) is 3.59. The molecule has 0 spiro atoms. The molecule has 0 bridgehead atoms. The number of nitrogens with zero attached hydrogens (tertiary/aromatic N) is 3. The van der Waals surface area contributed by atoms with Gasteiger partial charge >= 0.3 is 0 Å². The van der Waals surface area contributed by atoms with Crippen molar-refractivity contribution in [2.24, 2.45) is 0 Å². The van der Waals surface area contributed by atoms with Crippen LogP contribution >= 0.6 is 0 Å². The number of carbonyl (C=O) groups is 1. The van der Waals surface area contributed by atoms with E-state index in [2.05, 4.69) is 33.1 Å². The van der Waals surface area contributed by atoms with Crippen molar-refractivity contribution >= 4 is 28.1 Å². The van der Waals surface area contributed by atoms with E-state index < -0.39 is 0 Å². The molecule has 1 N–H and O–H groups in total. The minimum Gasteiger partial charge on any atom is -0.487 e. The van der Waals surface area contributed by atoms with E-state index in [-0.39, 0.29) is 5.91 Å². The second kappa shape index (κ2) is 8.36. The van der Waals surface area contributed by atoms with Gasteiger partial charge in [0, 0.05) is 48.8 Å². The summed E-state index contributed by atoms with van der Waals surface area (Å²) in [6.07, 6.45) is 6.32. The first-order valence-corrected chi connectivity index (χ1v) is 10.2. The second-order valence-corrected chi connectivity index (χ2v) is 7.38. The van der Waals surface area contributed by atoms with Gasteiger partial charge in [-0.3, -0.25) is 4.79 Å². The van der Waals surface area contributed by atoms with E-state index in [1.807, 2.05) is 77.6 Å². The first-order chi connectivity index (χ1) is 15.2. The van der Waals surface area contributed by atoms with E-state index in [0.29, 0.717) is 25.3 Å². The van der Waals surface area contributed by atoms with Gasteiger partial charge < -0.3 is 19.0 Å². The number of nitrogens with one attached hydrogen (secondary N) is 1. The van der Waals surface area contributed by atoms with Gasteiger partial charge in [-0.15, -0.1) is 0 Å². The van der Waals surface area contributed by atoms with Gasteiger partial charge in [0.2, 0.25) is 5.91 Å². The molecule has 5 aromatic rings. The number of hydrogen-bond donors (Lipinski definition) is 1. The molecule has 1 amide bonds. The minimum atomic E-state index is -0.0321. The van der Waals surface area contributed by atoms with Gasteiger partial charge in [-0.2, -0.15) is 0 Å². The van der Waals surface area contributed by atoms with Crippen LogP contribution in [-0.4, -0.2) is 19.9 Å². The van der Waals surface area contributed by atoms with Crippen LogP contribution in [0.25, 0.3) is 16.6 Å². The van der Waals surface area contributed by atoms with Crippen LogP contribution in [0.15, 0.2) is 91.4 Å². The largest absolute Gasteiger partial charge is 0.487 e. The highest BCUT2D eigenvalue weighted by atomic mass is 16.5. The van der Waals surface area contributed by atoms with E-state index in [1.165, 1.54) is 5.39 Å². The van der Waals surface area contributed by atoms with Crippen molar-refractivity contribution in [1.29, 1.82) is 0 Å². The molecule has 5 rings (SSSR count). The molecule has 3 heterocycles. The Morgan fingerprint density at radius 3 is 2.81 bits per heavy atom. The molecular formula is C25H22N4O2. The third-order valence-corrected chi connectivity index (χ3v) is 5.18. The summed E-state index contributed by atoms with van der Waals surface area (Å²) in [6.45, 7) is 0.989. The molecule has 0 saturated carbocycles. The topological polar surface area (TPSA) is 60.6 Å². The molecule has 2 aromatic carbocycles. The smallest absolute Gasteiger partial charge is 0.226 e. The zero-order valence-corrected chi connectivity index (χ0v) is 16.9. The average Bonchev–Trinajstić information content (AvgIpc) is 3.40. The molecule has 0 aliphatic heterocycles. The molecule has 0 unspecified atom stereocenters. The van der Waals surface area contributed by atoms with Crippen molar-refractivity contribution < 1.29 is 9.53 Å². The number of rotatable bonds is 7. The maximum Gasteiger partial charge on any atom is 0.226 e. The van der Waals surface area contributed by atoms with Crippen LogP contribution in [0.5, 0.6) is 5.75 Å². The number of ether oxygens (including phenoxy) is 1. The summed E-state index contributed by atoms with van der Waals surface area (Å²) in [4.78, 5) is 17.0. The molecule has 0 atom stereocenters. The predicted molar refractivity (Wildman–Crippen MR) is 121 cm³/mol. The highest BCUT2D eigenvalue weighted by Gasteiger charge is 2.07. The number of benzene rings is 2. The van der Waals surface area contributed by atoms with Crippen molar-refractivity contribution in [3.8, 4) is 5.75 Å². The zero-order chi connectivity index (χ0) is 21.0. The fraction of sp³-hybridized carbons (Fsp3) is 0.120. The van der Waals surface area contributed by atoms with Gasteiger partial charge in [0.05, 0.1) is 5.69 Å². The molecule has 0 radical (unpaired) electrons. The van der Waals surface area contributed by atoms with Crippen LogP contribution in [0.2, 0.25) is 0 Å². The summed E-state index contributed by atoms with van der Waals surface area (Å²) in [6, 6.07) is 23.5.